The largest absolute Gasteiger partial charge is 0.376 e. The normalized spacial score (nSPS) is 39.9. The third kappa shape index (κ3) is 2.93. The Morgan fingerprint density at radius 1 is 0.875 bits per heavy atom. The van der Waals surface area contributed by atoms with Crippen molar-refractivity contribution in [2.45, 2.75) is 44.4 Å². The van der Waals surface area contributed by atoms with Gasteiger partial charge in [-0.2, -0.15) is 0 Å². The molecule has 16 heavy (non-hydrogen) atoms. The second-order valence-electron chi connectivity index (χ2n) is 3.98. The molecule has 96 valence electrons. The minimum Gasteiger partial charge on any atom is -0.376 e. The molecule has 1 rings (SSSR count). The van der Waals surface area contributed by atoms with Crippen molar-refractivity contribution in [1.82, 2.24) is 0 Å². The maximum absolute atomic E-state index is 5.73. The smallest absolute Gasteiger partial charge is 0.146 e. The molecule has 0 N–H and O–H groups in total. The second-order valence-corrected chi connectivity index (χ2v) is 3.98. The summed E-state index contributed by atoms with van der Waals surface area (Å²) in [6, 6.07) is 0. The lowest BCUT2D eigenvalue weighted by molar-refractivity contribution is -0.254. The summed E-state index contributed by atoms with van der Waals surface area (Å²) >= 11 is 0. The molecule has 0 saturated carbocycles. The van der Waals surface area contributed by atoms with Crippen LogP contribution in [0.3, 0.4) is 0 Å². The van der Waals surface area contributed by atoms with Gasteiger partial charge in [0.25, 0.3) is 0 Å². The molecular formula is C11H22O5. The lowest BCUT2D eigenvalue weighted by atomic mass is 9.96. The van der Waals surface area contributed by atoms with Crippen LogP contribution < -0.4 is 0 Å². The molecule has 1 fully saturated rings. The third-order valence-corrected chi connectivity index (χ3v) is 2.92. The maximum atomic E-state index is 5.73. The monoisotopic (exact) mass is 234 g/mol. The van der Waals surface area contributed by atoms with Gasteiger partial charge in [0.05, 0.1) is 12.2 Å². The Labute approximate surface area is 97.0 Å². The maximum Gasteiger partial charge on any atom is 0.146 e. The van der Waals surface area contributed by atoms with Gasteiger partial charge >= 0.3 is 0 Å². The SMILES string of the molecule is COCOC1[C@@H](OC)[C@H](C)O[C@@H](C)[C@@H]1OC. The van der Waals surface area contributed by atoms with Gasteiger partial charge < -0.3 is 23.7 Å². The molecule has 0 aromatic carbocycles. The van der Waals surface area contributed by atoms with Crippen molar-refractivity contribution >= 4 is 0 Å². The summed E-state index contributed by atoms with van der Waals surface area (Å²) in [6.45, 7) is 4.17. The van der Waals surface area contributed by atoms with E-state index in [9.17, 15) is 0 Å². The Hall–Kier alpha value is -0.200. The van der Waals surface area contributed by atoms with Crippen molar-refractivity contribution in [3.63, 3.8) is 0 Å². The second kappa shape index (κ2) is 6.51. The summed E-state index contributed by atoms with van der Waals surface area (Å²) in [5.41, 5.74) is 0. The van der Waals surface area contributed by atoms with Gasteiger partial charge in [-0.25, -0.2) is 0 Å². The molecular weight excluding hydrogens is 212 g/mol. The van der Waals surface area contributed by atoms with Crippen molar-refractivity contribution < 1.29 is 23.7 Å². The molecule has 1 saturated heterocycles. The van der Waals surface area contributed by atoms with Crippen molar-refractivity contribution in [2.75, 3.05) is 28.1 Å². The highest BCUT2D eigenvalue weighted by molar-refractivity contribution is 4.91. The van der Waals surface area contributed by atoms with E-state index in [1.807, 2.05) is 13.8 Å². The van der Waals surface area contributed by atoms with E-state index in [0.29, 0.717) is 0 Å². The molecule has 0 amide bonds. The summed E-state index contributed by atoms with van der Waals surface area (Å²) in [5.74, 6) is 0. The Morgan fingerprint density at radius 2 is 1.38 bits per heavy atom. The summed E-state index contributed by atoms with van der Waals surface area (Å²) < 4.78 is 27.1. The predicted molar refractivity (Wildman–Crippen MR) is 58.4 cm³/mol. The molecule has 4 atom stereocenters. The fourth-order valence-electron chi connectivity index (χ4n) is 2.20. The highest BCUT2D eigenvalue weighted by Crippen LogP contribution is 2.26. The summed E-state index contributed by atoms with van der Waals surface area (Å²) in [5, 5.41) is 0. The van der Waals surface area contributed by atoms with Crippen LogP contribution >= 0.6 is 0 Å². The van der Waals surface area contributed by atoms with E-state index >= 15 is 0 Å². The standard InChI is InChI=1S/C11H22O5/c1-7-9(13-4)11(15-6-12-3)10(14-5)8(2)16-7/h7-11H,6H2,1-5H3/t7-,8-,9-,10-/m0/s1. The molecule has 0 aromatic rings. The molecule has 0 radical (unpaired) electrons. The van der Waals surface area contributed by atoms with E-state index < -0.39 is 0 Å². The average Bonchev–Trinajstić information content (AvgIpc) is 2.26. The van der Waals surface area contributed by atoms with Crippen LogP contribution in [0.15, 0.2) is 0 Å². The summed E-state index contributed by atoms with van der Waals surface area (Å²) in [4.78, 5) is 0. The fraction of sp³-hybridized carbons (Fsp3) is 1.00. The van der Waals surface area contributed by atoms with E-state index in [1.165, 1.54) is 0 Å². The van der Waals surface area contributed by atoms with Gasteiger partial charge in [0.15, 0.2) is 0 Å². The van der Waals surface area contributed by atoms with E-state index in [4.69, 9.17) is 23.7 Å². The zero-order valence-electron chi connectivity index (χ0n) is 10.6. The minimum absolute atomic E-state index is 0.0201. The molecule has 1 aliphatic rings. The van der Waals surface area contributed by atoms with Gasteiger partial charge in [0.2, 0.25) is 0 Å². The first kappa shape index (κ1) is 13.9. The highest BCUT2D eigenvalue weighted by Gasteiger charge is 2.43. The van der Waals surface area contributed by atoms with Crippen molar-refractivity contribution in [1.29, 1.82) is 0 Å². The molecule has 5 heteroatoms. The number of methoxy groups -OCH3 is 3. The van der Waals surface area contributed by atoms with Crippen LogP contribution in [-0.2, 0) is 23.7 Å². The van der Waals surface area contributed by atoms with Gasteiger partial charge in [0, 0.05) is 21.3 Å². The molecule has 0 aromatic heterocycles. The Balaban J connectivity index is 2.72. The average molecular weight is 234 g/mol. The van der Waals surface area contributed by atoms with Gasteiger partial charge in [-0.3, -0.25) is 0 Å². The van der Waals surface area contributed by atoms with Crippen LogP contribution in [0, 0.1) is 0 Å². The van der Waals surface area contributed by atoms with E-state index in [2.05, 4.69) is 0 Å². The van der Waals surface area contributed by atoms with Crippen LogP contribution in [0.5, 0.6) is 0 Å². The van der Waals surface area contributed by atoms with Crippen LogP contribution in [0.4, 0.5) is 0 Å². The lowest BCUT2D eigenvalue weighted by Gasteiger charge is -2.43. The molecule has 0 unspecified atom stereocenters. The van der Waals surface area contributed by atoms with Gasteiger partial charge in [-0.05, 0) is 13.8 Å². The van der Waals surface area contributed by atoms with Gasteiger partial charge in [0.1, 0.15) is 25.1 Å². The van der Waals surface area contributed by atoms with Crippen molar-refractivity contribution in [3.05, 3.63) is 0 Å². The Morgan fingerprint density at radius 3 is 1.75 bits per heavy atom. The molecule has 1 aliphatic heterocycles. The Bertz CT molecular complexity index is 183. The zero-order chi connectivity index (χ0) is 12.1. The van der Waals surface area contributed by atoms with Crippen molar-refractivity contribution in [2.24, 2.45) is 0 Å². The molecule has 0 aliphatic carbocycles. The summed E-state index contributed by atoms with van der Waals surface area (Å²) in [7, 11) is 4.89. The predicted octanol–water partition coefficient (Wildman–Crippen LogP) is 0.813. The quantitative estimate of drug-likeness (QED) is 0.659. The lowest BCUT2D eigenvalue weighted by Crippen LogP contribution is -2.58. The number of ether oxygens (including phenoxy) is 5. The number of hydrogen-bond donors (Lipinski definition) is 0. The number of rotatable bonds is 5. The molecule has 0 bridgehead atoms. The first-order valence-electron chi connectivity index (χ1n) is 5.47. The Kier molecular flexibility index (Phi) is 5.64. The fourth-order valence-corrected chi connectivity index (χ4v) is 2.20. The first-order valence-corrected chi connectivity index (χ1v) is 5.47. The molecule has 1 heterocycles. The van der Waals surface area contributed by atoms with Gasteiger partial charge in [-0.1, -0.05) is 0 Å². The van der Waals surface area contributed by atoms with E-state index in [-0.39, 0.29) is 37.3 Å². The topological polar surface area (TPSA) is 46.2 Å². The highest BCUT2D eigenvalue weighted by atomic mass is 16.7. The van der Waals surface area contributed by atoms with E-state index in [0.717, 1.165) is 0 Å². The van der Waals surface area contributed by atoms with Gasteiger partial charge in [-0.15, -0.1) is 0 Å². The van der Waals surface area contributed by atoms with E-state index in [1.54, 1.807) is 21.3 Å². The molecule has 0 spiro atoms. The minimum atomic E-state index is -0.173. The third-order valence-electron chi connectivity index (χ3n) is 2.92. The van der Waals surface area contributed by atoms with Crippen LogP contribution in [0.2, 0.25) is 0 Å². The first-order chi connectivity index (χ1) is 7.65. The van der Waals surface area contributed by atoms with Crippen LogP contribution in [0.25, 0.3) is 0 Å². The molecule has 5 nitrogen and oxygen atoms in total. The van der Waals surface area contributed by atoms with Crippen LogP contribution in [-0.4, -0.2) is 58.6 Å². The summed E-state index contributed by atoms with van der Waals surface area (Å²) in [6.07, 6.45) is -0.497. The number of hydrogen-bond acceptors (Lipinski definition) is 5. The zero-order valence-corrected chi connectivity index (χ0v) is 10.6. The van der Waals surface area contributed by atoms with Crippen LogP contribution in [0.1, 0.15) is 13.8 Å². The van der Waals surface area contributed by atoms with Crippen molar-refractivity contribution in [3.8, 4) is 0 Å².